The molecule has 0 aliphatic carbocycles. The summed E-state index contributed by atoms with van der Waals surface area (Å²) in [6, 6.07) is 7.40. The second kappa shape index (κ2) is 5.10. The molecule has 0 radical (unpaired) electrons. The van der Waals surface area contributed by atoms with Gasteiger partial charge in [0.25, 0.3) is 0 Å². The van der Waals surface area contributed by atoms with Gasteiger partial charge in [-0.25, -0.2) is 0 Å². The van der Waals surface area contributed by atoms with Crippen LogP contribution in [0.15, 0.2) is 29.6 Å². The highest BCUT2D eigenvalue weighted by atomic mass is 32.1. The minimum Gasteiger partial charge on any atom is -0.496 e. The van der Waals surface area contributed by atoms with Crippen LogP contribution in [0.25, 0.3) is 11.1 Å². The van der Waals surface area contributed by atoms with Crippen molar-refractivity contribution in [1.82, 2.24) is 0 Å². The maximum absolute atomic E-state index is 11.1. The van der Waals surface area contributed by atoms with E-state index in [-0.39, 0.29) is 5.91 Å². The number of nitrogens with one attached hydrogen (secondary N) is 1. The van der Waals surface area contributed by atoms with Crippen molar-refractivity contribution in [3.05, 3.63) is 29.6 Å². The summed E-state index contributed by atoms with van der Waals surface area (Å²) in [5.74, 6) is 0.651. The third-order valence-electron chi connectivity index (χ3n) is 2.45. The molecule has 5 heteroatoms. The SMILES string of the molecule is COc1ccc(NC(C)=O)cc1-c1csc(N)c1. The van der Waals surface area contributed by atoms with Crippen LogP contribution in [0.2, 0.25) is 0 Å². The number of nitrogens with two attached hydrogens (primary N) is 1. The van der Waals surface area contributed by atoms with Crippen LogP contribution in [0, 0.1) is 0 Å². The molecule has 1 heterocycles. The Morgan fingerprint density at radius 3 is 2.72 bits per heavy atom. The predicted octanol–water partition coefficient (Wildman–Crippen LogP) is 2.96. The third-order valence-corrected chi connectivity index (χ3v) is 3.21. The summed E-state index contributed by atoms with van der Waals surface area (Å²) < 4.78 is 5.32. The van der Waals surface area contributed by atoms with E-state index in [9.17, 15) is 4.79 Å². The lowest BCUT2D eigenvalue weighted by Gasteiger charge is -2.10. The first-order valence-corrected chi connectivity index (χ1v) is 6.28. The van der Waals surface area contributed by atoms with Gasteiger partial charge in [-0.3, -0.25) is 4.79 Å². The molecule has 18 heavy (non-hydrogen) atoms. The average Bonchev–Trinajstić information content (AvgIpc) is 2.75. The smallest absolute Gasteiger partial charge is 0.221 e. The fourth-order valence-electron chi connectivity index (χ4n) is 1.71. The maximum atomic E-state index is 11.1. The van der Waals surface area contributed by atoms with E-state index in [2.05, 4.69) is 5.32 Å². The molecule has 0 spiro atoms. The summed E-state index contributed by atoms with van der Waals surface area (Å²) in [6.07, 6.45) is 0. The Bertz CT molecular complexity index is 578. The van der Waals surface area contributed by atoms with Gasteiger partial charge in [0.2, 0.25) is 5.91 Å². The first-order chi connectivity index (χ1) is 8.60. The lowest BCUT2D eigenvalue weighted by Crippen LogP contribution is -2.05. The van der Waals surface area contributed by atoms with E-state index in [4.69, 9.17) is 10.5 Å². The normalized spacial score (nSPS) is 10.1. The summed E-state index contributed by atoms with van der Waals surface area (Å²) in [6.45, 7) is 1.48. The van der Waals surface area contributed by atoms with Gasteiger partial charge in [0.05, 0.1) is 12.1 Å². The maximum Gasteiger partial charge on any atom is 0.221 e. The van der Waals surface area contributed by atoms with Crippen molar-refractivity contribution in [2.75, 3.05) is 18.2 Å². The first kappa shape index (κ1) is 12.4. The molecule has 0 saturated carbocycles. The van der Waals surface area contributed by atoms with Crippen molar-refractivity contribution in [3.8, 4) is 16.9 Å². The summed E-state index contributed by atoms with van der Waals surface area (Å²) in [4.78, 5) is 11.1. The first-order valence-electron chi connectivity index (χ1n) is 5.40. The molecule has 4 nitrogen and oxygen atoms in total. The van der Waals surface area contributed by atoms with Crippen molar-refractivity contribution in [2.45, 2.75) is 6.92 Å². The van der Waals surface area contributed by atoms with Crippen LogP contribution >= 0.6 is 11.3 Å². The van der Waals surface area contributed by atoms with Gasteiger partial charge < -0.3 is 15.8 Å². The average molecular weight is 262 g/mol. The van der Waals surface area contributed by atoms with Crippen LogP contribution in [-0.4, -0.2) is 13.0 Å². The predicted molar refractivity (Wildman–Crippen MR) is 75.0 cm³/mol. The molecule has 0 aliphatic rings. The van der Waals surface area contributed by atoms with E-state index in [1.807, 2.05) is 23.6 Å². The van der Waals surface area contributed by atoms with E-state index in [1.165, 1.54) is 18.3 Å². The number of carbonyl (C=O) groups is 1. The summed E-state index contributed by atoms with van der Waals surface area (Å²) in [5.41, 5.74) is 8.37. The molecule has 94 valence electrons. The zero-order valence-electron chi connectivity index (χ0n) is 10.2. The Labute approximate surface area is 109 Å². The van der Waals surface area contributed by atoms with Crippen LogP contribution in [0.3, 0.4) is 0 Å². The van der Waals surface area contributed by atoms with Crippen LogP contribution in [-0.2, 0) is 4.79 Å². The molecule has 2 aromatic rings. The zero-order chi connectivity index (χ0) is 13.1. The largest absolute Gasteiger partial charge is 0.496 e. The molecule has 0 bridgehead atoms. The van der Waals surface area contributed by atoms with E-state index in [1.54, 1.807) is 13.2 Å². The number of rotatable bonds is 3. The molecule has 0 aliphatic heterocycles. The molecular formula is C13H14N2O2S. The Hall–Kier alpha value is -2.01. The highest BCUT2D eigenvalue weighted by Crippen LogP contribution is 2.35. The Balaban J connectivity index is 2.45. The van der Waals surface area contributed by atoms with Gasteiger partial charge in [-0.2, -0.15) is 0 Å². The number of hydrogen-bond acceptors (Lipinski definition) is 4. The van der Waals surface area contributed by atoms with E-state index < -0.39 is 0 Å². The molecule has 0 atom stereocenters. The fourth-order valence-corrected chi connectivity index (χ4v) is 2.36. The number of ether oxygens (including phenoxy) is 1. The third kappa shape index (κ3) is 2.62. The summed E-state index contributed by atoms with van der Waals surface area (Å²) in [5, 5.41) is 5.46. The molecule has 0 saturated heterocycles. The second-order valence-electron chi connectivity index (χ2n) is 3.83. The standard InChI is InChI=1S/C13H14N2O2S/c1-8(16)15-10-3-4-12(17-2)11(6-10)9-5-13(14)18-7-9/h3-7H,14H2,1-2H3,(H,15,16). The van der Waals surface area contributed by atoms with E-state index in [0.29, 0.717) is 0 Å². The van der Waals surface area contributed by atoms with Gasteiger partial charge in [0.1, 0.15) is 5.75 Å². The van der Waals surface area contributed by atoms with Crippen molar-refractivity contribution >= 4 is 27.9 Å². The molecule has 1 aromatic carbocycles. The van der Waals surface area contributed by atoms with Crippen molar-refractivity contribution in [2.24, 2.45) is 0 Å². The van der Waals surface area contributed by atoms with Gasteiger partial charge in [0.15, 0.2) is 0 Å². The van der Waals surface area contributed by atoms with Crippen LogP contribution < -0.4 is 15.8 Å². The molecule has 0 unspecified atom stereocenters. The van der Waals surface area contributed by atoms with Crippen LogP contribution in [0.5, 0.6) is 5.75 Å². The minimum absolute atomic E-state index is 0.101. The number of methoxy groups -OCH3 is 1. The van der Waals surface area contributed by atoms with Crippen molar-refractivity contribution < 1.29 is 9.53 Å². The van der Waals surface area contributed by atoms with Crippen LogP contribution in [0.1, 0.15) is 6.92 Å². The Morgan fingerprint density at radius 2 is 2.17 bits per heavy atom. The van der Waals surface area contributed by atoms with E-state index >= 15 is 0 Å². The van der Waals surface area contributed by atoms with Gasteiger partial charge in [-0.1, -0.05) is 0 Å². The molecule has 3 N–H and O–H groups in total. The molecule has 0 fully saturated rings. The Kier molecular flexibility index (Phi) is 3.53. The molecule has 1 aromatic heterocycles. The summed E-state index contributed by atoms with van der Waals surface area (Å²) in [7, 11) is 1.62. The minimum atomic E-state index is -0.101. The monoisotopic (exact) mass is 262 g/mol. The van der Waals surface area contributed by atoms with E-state index in [0.717, 1.165) is 27.6 Å². The highest BCUT2D eigenvalue weighted by Gasteiger charge is 2.09. The lowest BCUT2D eigenvalue weighted by molar-refractivity contribution is -0.114. The van der Waals surface area contributed by atoms with Crippen molar-refractivity contribution in [3.63, 3.8) is 0 Å². The number of benzene rings is 1. The second-order valence-corrected chi connectivity index (χ2v) is 4.78. The quantitative estimate of drug-likeness (QED) is 0.893. The summed E-state index contributed by atoms with van der Waals surface area (Å²) >= 11 is 1.47. The topological polar surface area (TPSA) is 64.3 Å². The number of thiophene rings is 1. The van der Waals surface area contributed by atoms with Crippen LogP contribution in [0.4, 0.5) is 10.7 Å². The number of nitrogen functional groups attached to an aromatic ring is 1. The highest BCUT2D eigenvalue weighted by molar-refractivity contribution is 7.14. The van der Waals surface area contributed by atoms with Crippen molar-refractivity contribution in [1.29, 1.82) is 0 Å². The zero-order valence-corrected chi connectivity index (χ0v) is 11.0. The number of hydrogen-bond donors (Lipinski definition) is 2. The van der Waals surface area contributed by atoms with Gasteiger partial charge in [0, 0.05) is 23.6 Å². The number of carbonyl (C=O) groups excluding carboxylic acids is 1. The molecular weight excluding hydrogens is 248 g/mol. The number of amides is 1. The molecule has 1 amide bonds. The van der Waals surface area contributed by atoms with Gasteiger partial charge in [-0.15, -0.1) is 11.3 Å². The lowest BCUT2D eigenvalue weighted by atomic mass is 10.1. The van der Waals surface area contributed by atoms with Gasteiger partial charge in [-0.05, 0) is 29.8 Å². The van der Waals surface area contributed by atoms with Gasteiger partial charge >= 0.3 is 0 Å². The Morgan fingerprint density at radius 1 is 1.39 bits per heavy atom. The molecule has 2 rings (SSSR count). The number of anilines is 2. The fraction of sp³-hybridized carbons (Fsp3) is 0.154.